The van der Waals surface area contributed by atoms with Crippen LogP contribution in [0.4, 0.5) is 0 Å². The molecule has 0 unspecified atom stereocenters. The molecular weight excluding hydrogens is 262 g/mol. The first-order valence-corrected chi connectivity index (χ1v) is 8.61. The van der Waals surface area contributed by atoms with E-state index in [0.717, 1.165) is 37.8 Å². The number of rotatable bonds is 4. The molecule has 0 bridgehead atoms. The van der Waals surface area contributed by atoms with Crippen LogP contribution in [-0.2, 0) is 16.4 Å². The van der Waals surface area contributed by atoms with E-state index >= 15 is 0 Å². The number of sulfonamides is 1. The Balaban J connectivity index is 1.85. The van der Waals surface area contributed by atoms with Crippen LogP contribution in [-0.4, -0.2) is 23.4 Å². The van der Waals surface area contributed by atoms with Crippen LogP contribution in [0.5, 0.6) is 0 Å². The van der Waals surface area contributed by atoms with E-state index < -0.39 is 10.0 Å². The number of nitrogens with one attached hydrogen (secondary N) is 1. The van der Waals surface area contributed by atoms with Crippen molar-refractivity contribution in [1.82, 2.24) is 14.5 Å². The van der Waals surface area contributed by atoms with Gasteiger partial charge in [0.1, 0.15) is 0 Å². The SMILES string of the molecule is CC(C)n1cc2c(n1)[C@H](NS(=O)(=O)C1CC1)CCC2. The molecule has 1 fully saturated rings. The van der Waals surface area contributed by atoms with Crippen molar-refractivity contribution >= 4 is 10.0 Å². The van der Waals surface area contributed by atoms with Gasteiger partial charge in [-0.25, -0.2) is 13.1 Å². The molecule has 0 aliphatic heterocycles. The van der Waals surface area contributed by atoms with Crippen molar-refractivity contribution in [3.63, 3.8) is 0 Å². The summed E-state index contributed by atoms with van der Waals surface area (Å²) in [5.74, 6) is 0. The highest BCUT2D eigenvalue weighted by Crippen LogP contribution is 2.33. The van der Waals surface area contributed by atoms with Crippen LogP contribution in [0.2, 0.25) is 0 Å². The summed E-state index contributed by atoms with van der Waals surface area (Å²) in [4.78, 5) is 0. The zero-order valence-corrected chi connectivity index (χ0v) is 12.3. The molecule has 0 spiro atoms. The molecule has 0 radical (unpaired) electrons. The van der Waals surface area contributed by atoms with Crippen molar-refractivity contribution in [3.05, 3.63) is 17.5 Å². The van der Waals surface area contributed by atoms with Gasteiger partial charge in [-0.1, -0.05) is 0 Å². The van der Waals surface area contributed by atoms with Gasteiger partial charge >= 0.3 is 0 Å². The first-order valence-electron chi connectivity index (χ1n) is 7.06. The lowest BCUT2D eigenvalue weighted by molar-refractivity contribution is 0.480. The van der Waals surface area contributed by atoms with Gasteiger partial charge in [-0.05, 0) is 51.5 Å². The molecule has 5 nitrogen and oxygen atoms in total. The van der Waals surface area contributed by atoms with E-state index in [9.17, 15) is 8.42 Å². The standard InChI is InChI=1S/C13H21N3O2S/c1-9(2)16-8-10-4-3-5-12(13(10)14-16)15-19(17,18)11-6-7-11/h8-9,11-12,15H,3-7H2,1-2H3/t12-/m1/s1. The third-order valence-electron chi connectivity index (χ3n) is 3.91. The summed E-state index contributed by atoms with van der Waals surface area (Å²) in [5, 5.41) is 4.42. The minimum Gasteiger partial charge on any atom is -0.270 e. The summed E-state index contributed by atoms with van der Waals surface area (Å²) in [6.07, 6.45) is 6.55. The van der Waals surface area contributed by atoms with Crippen molar-refractivity contribution in [2.45, 2.75) is 63.3 Å². The van der Waals surface area contributed by atoms with Crippen LogP contribution in [0.15, 0.2) is 6.20 Å². The number of hydrogen-bond donors (Lipinski definition) is 1. The second-order valence-electron chi connectivity index (χ2n) is 5.92. The van der Waals surface area contributed by atoms with Gasteiger partial charge in [0.2, 0.25) is 10.0 Å². The van der Waals surface area contributed by atoms with Gasteiger partial charge in [-0.3, -0.25) is 4.68 Å². The fourth-order valence-corrected chi connectivity index (χ4v) is 4.19. The predicted molar refractivity (Wildman–Crippen MR) is 73.4 cm³/mol. The highest BCUT2D eigenvalue weighted by molar-refractivity contribution is 7.90. The fraction of sp³-hybridized carbons (Fsp3) is 0.769. The molecule has 19 heavy (non-hydrogen) atoms. The highest BCUT2D eigenvalue weighted by atomic mass is 32.2. The summed E-state index contributed by atoms with van der Waals surface area (Å²) < 4.78 is 28.9. The van der Waals surface area contributed by atoms with E-state index in [1.54, 1.807) is 0 Å². The maximum Gasteiger partial charge on any atom is 0.215 e. The van der Waals surface area contributed by atoms with E-state index in [1.807, 2.05) is 4.68 Å². The Morgan fingerprint density at radius 2 is 2.11 bits per heavy atom. The van der Waals surface area contributed by atoms with Crippen molar-refractivity contribution in [1.29, 1.82) is 0 Å². The zero-order chi connectivity index (χ0) is 13.6. The maximum atomic E-state index is 12.1. The molecule has 1 heterocycles. The van der Waals surface area contributed by atoms with E-state index in [1.165, 1.54) is 5.56 Å². The second kappa shape index (κ2) is 4.59. The molecule has 1 saturated carbocycles. The first kappa shape index (κ1) is 13.1. The molecular formula is C13H21N3O2S. The van der Waals surface area contributed by atoms with Gasteiger partial charge in [0.25, 0.3) is 0 Å². The zero-order valence-electron chi connectivity index (χ0n) is 11.5. The Labute approximate surface area is 114 Å². The van der Waals surface area contributed by atoms with Gasteiger partial charge in [-0.2, -0.15) is 5.10 Å². The Kier molecular flexibility index (Phi) is 3.17. The molecule has 2 aliphatic carbocycles. The summed E-state index contributed by atoms with van der Waals surface area (Å²) in [7, 11) is -3.14. The van der Waals surface area contributed by atoms with Gasteiger partial charge in [0.15, 0.2) is 0 Å². The third-order valence-corrected chi connectivity index (χ3v) is 5.87. The monoisotopic (exact) mass is 283 g/mol. The molecule has 1 aromatic rings. The van der Waals surface area contributed by atoms with Crippen LogP contribution in [0.25, 0.3) is 0 Å². The molecule has 1 N–H and O–H groups in total. The minimum absolute atomic E-state index is 0.130. The quantitative estimate of drug-likeness (QED) is 0.918. The summed E-state index contributed by atoms with van der Waals surface area (Å²) >= 11 is 0. The normalized spacial score (nSPS) is 23.6. The van der Waals surface area contributed by atoms with Crippen LogP contribution in [0, 0.1) is 0 Å². The number of aromatic nitrogens is 2. The molecule has 6 heteroatoms. The lowest BCUT2D eigenvalue weighted by Crippen LogP contribution is -2.33. The largest absolute Gasteiger partial charge is 0.270 e. The Morgan fingerprint density at radius 1 is 1.37 bits per heavy atom. The summed E-state index contributed by atoms with van der Waals surface area (Å²) in [6.45, 7) is 4.17. The van der Waals surface area contributed by atoms with E-state index in [2.05, 4.69) is 29.9 Å². The van der Waals surface area contributed by atoms with Crippen LogP contribution < -0.4 is 4.72 Å². The summed E-state index contributed by atoms with van der Waals surface area (Å²) in [5.41, 5.74) is 2.13. The predicted octanol–water partition coefficient (Wildman–Crippen LogP) is 1.92. The topological polar surface area (TPSA) is 64.0 Å². The van der Waals surface area contributed by atoms with Gasteiger partial charge in [0.05, 0.1) is 17.0 Å². The first-order chi connectivity index (χ1) is 8.97. The molecule has 0 aromatic carbocycles. The van der Waals surface area contributed by atoms with Crippen LogP contribution >= 0.6 is 0 Å². The van der Waals surface area contributed by atoms with Crippen LogP contribution in [0.3, 0.4) is 0 Å². The average Bonchev–Trinajstić information content (AvgIpc) is 3.09. The molecule has 3 rings (SSSR count). The molecule has 2 aliphatic rings. The minimum atomic E-state index is -3.14. The Morgan fingerprint density at radius 3 is 2.74 bits per heavy atom. The van der Waals surface area contributed by atoms with Crippen molar-refractivity contribution < 1.29 is 8.42 Å². The highest BCUT2D eigenvalue weighted by Gasteiger charge is 2.38. The molecule has 1 atom stereocenters. The number of hydrogen-bond acceptors (Lipinski definition) is 3. The smallest absolute Gasteiger partial charge is 0.215 e. The Bertz CT molecular complexity index is 573. The van der Waals surface area contributed by atoms with Gasteiger partial charge < -0.3 is 0 Å². The number of aryl methyl sites for hydroxylation is 1. The second-order valence-corrected chi connectivity index (χ2v) is 7.91. The van der Waals surface area contributed by atoms with Gasteiger partial charge in [-0.15, -0.1) is 0 Å². The molecule has 0 amide bonds. The van der Waals surface area contributed by atoms with Crippen LogP contribution in [0.1, 0.15) is 62.9 Å². The van der Waals surface area contributed by atoms with E-state index in [-0.39, 0.29) is 11.3 Å². The lowest BCUT2D eigenvalue weighted by Gasteiger charge is -2.22. The number of nitrogens with zero attached hydrogens (tertiary/aromatic N) is 2. The third kappa shape index (κ3) is 2.56. The fourth-order valence-electron chi connectivity index (χ4n) is 2.61. The van der Waals surface area contributed by atoms with E-state index in [0.29, 0.717) is 6.04 Å². The maximum absolute atomic E-state index is 12.1. The lowest BCUT2D eigenvalue weighted by atomic mass is 9.94. The van der Waals surface area contributed by atoms with Gasteiger partial charge in [0, 0.05) is 12.2 Å². The Hall–Kier alpha value is -0.880. The van der Waals surface area contributed by atoms with Crippen molar-refractivity contribution in [2.24, 2.45) is 0 Å². The van der Waals surface area contributed by atoms with E-state index in [4.69, 9.17) is 0 Å². The number of fused-ring (bicyclic) bond motifs is 1. The molecule has 106 valence electrons. The average molecular weight is 283 g/mol. The molecule has 1 aromatic heterocycles. The summed E-state index contributed by atoms with van der Waals surface area (Å²) in [6, 6.07) is 0.181. The van der Waals surface area contributed by atoms with Crippen molar-refractivity contribution in [2.75, 3.05) is 0 Å². The van der Waals surface area contributed by atoms with Crippen molar-refractivity contribution in [3.8, 4) is 0 Å². The molecule has 0 saturated heterocycles.